The first-order valence-corrected chi connectivity index (χ1v) is 13.5. The molecule has 216 valence electrons. The van der Waals surface area contributed by atoms with Crippen LogP contribution in [0.5, 0.6) is 0 Å². The summed E-state index contributed by atoms with van der Waals surface area (Å²) < 4.78 is 93.2. The van der Waals surface area contributed by atoms with Crippen molar-refractivity contribution in [2.75, 3.05) is 17.9 Å². The molecule has 0 unspecified atom stereocenters. The second-order valence-electron chi connectivity index (χ2n) is 9.49. The predicted molar refractivity (Wildman–Crippen MR) is 138 cm³/mol. The van der Waals surface area contributed by atoms with Gasteiger partial charge in [-0.1, -0.05) is 30.3 Å². The van der Waals surface area contributed by atoms with Crippen molar-refractivity contribution in [2.45, 2.75) is 50.6 Å². The first-order chi connectivity index (χ1) is 18.7. The van der Waals surface area contributed by atoms with Crippen LogP contribution in [-0.2, 0) is 32.3 Å². The molecule has 0 bridgehead atoms. The molecule has 2 aromatic heterocycles. The van der Waals surface area contributed by atoms with Gasteiger partial charge in [0.15, 0.2) is 5.03 Å². The van der Waals surface area contributed by atoms with E-state index >= 15 is 0 Å². The number of ether oxygens (including phenoxy) is 2. The molecule has 0 atom stereocenters. The Bertz CT molecular complexity index is 1440. The number of hydrogen-bond acceptors (Lipinski definition) is 7. The molecule has 0 aliphatic rings. The van der Waals surface area contributed by atoms with Crippen LogP contribution in [0, 0.1) is 5.95 Å². The Morgan fingerprint density at radius 1 is 0.975 bits per heavy atom. The lowest BCUT2D eigenvalue weighted by atomic mass is 10.00. The summed E-state index contributed by atoms with van der Waals surface area (Å²) in [5.74, 6) is -1.46. The van der Waals surface area contributed by atoms with Gasteiger partial charge in [0.25, 0.3) is 10.0 Å². The molecule has 1 aromatic carbocycles. The SMILES string of the molecule is CC(C)(C)OC(=O)NCCCOCc1ccccc1-c1nc(NS(=O)(=O)c2cccc(F)n2)ccc1C(F)(F)F. The lowest BCUT2D eigenvalue weighted by Gasteiger charge is -2.19. The Kier molecular flexibility index (Phi) is 9.69. The van der Waals surface area contributed by atoms with Gasteiger partial charge in [-0.2, -0.15) is 26.0 Å². The highest BCUT2D eigenvalue weighted by molar-refractivity contribution is 7.92. The molecular weight excluding hydrogens is 556 g/mol. The quantitative estimate of drug-likeness (QED) is 0.183. The Hall–Kier alpha value is -3.78. The van der Waals surface area contributed by atoms with Crippen LogP contribution in [0.25, 0.3) is 11.3 Å². The van der Waals surface area contributed by atoms with Crippen LogP contribution in [0.4, 0.5) is 28.2 Å². The van der Waals surface area contributed by atoms with E-state index in [0.717, 1.165) is 24.3 Å². The fraction of sp³-hybridized carbons (Fsp3) is 0.346. The van der Waals surface area contributed by atoms with Gasteiger partial charge in [-0.3, -0.25) is 4.72 Å². The topological polar surface area (TPSA) is 120 Å². The molecule has 0 aliphatic carbocycles. The number of nitrogens with zero attached hydrogens (tertiary/aromatic N) is 2. The number of carbonyl (C=O) groups is 1. The number of aromatic nitrogens is 2. The van der Waals surface area contributed by atoms with Crippen molar-refractivity contribution in [1.29, 1.82) is 0 Å². The van der Waals surface area contributed by atoms with Crippen LogP contribution in [0.1, 0.15) is 38.3 Å². The number of anilines is 1. The second kappa shape index (κ2) is 12.6. The Balaban J connectivity index is 1.78. The Labute approximate surface area is 229 Å². The minimum atomic E-state index is -4.80. The number of alkyl carbamates (subject to hydrolysis) is 1. The lowest BCUT2D eigenvalue weighted by Crippen LogP contribution is -2.33. The number of benzene rings is 1. The summed E-state index contributed by atoms with van der Waals surface area (Å²) in [6, 6.07) is 10.8. The van der Waals surface area contributed by atoms with Gasteiger partial charge in [0.05, 0.1) is 17.9 Å². The molecule has 0 aliphatic heterocycles. The van der Waals surface area contributed by atoms with E-state index in [2.05, 4.69) is 15.3 Å². The van der Waals surface area contributed by atoms with E-state index in [9.17, 15) is 30.8 Å². The van der Waals surface area contributed by atoms with Crippen molar-refractivity contribution in [3.63, 3.8) is 0 Å². The second-order valence-corrected chi connectivity index (χ2v) is 11.1. The van der Waals surface area contributed by atoms with Crippen LogP contribution in [-0.4, -0.2) is 43.2 Å². The summed E-state index contributed by atoms with van der Waals surface area (Å²) in [7, 11) is -4.44. The number of carbonyl (C=O) groups excluding carboxylic acids is 1. The first kappa shape index (κ1) is 30.8. The van der Waals surface area contributed by atoms with Gasteiger partial charge in [0, 0.05) is 18.7 Å². The Morgan fingerprint density at radius 3 is 2.38 bits per heavy atom. The van der Waals surface area contributed by atoms with Crippen LogP contribution in [0.2, 0.25) is 0 Å². The van der Waals surface area contributed by atoms with E-state index < -0.39 is 55.9 Å². The summed E-state index contributed by atoms with van der Waals surface area (Å²) in [5.41, 5.74) is -1.81. The van der Waals surface area contributed by atoms with E-state index in [0.29, 0.717) is 18.1 Å². The van der Waals surface area contributed by atoms with Crippen molar-refractivity contribution in [3.05, 3.63) is 71.7 Å². The zero-order chi connectivity index (χ0) is 29.6. The van der Waals surface area contributed by atoms with Crippen molar-refractivity contribution in [3.8, 4) is 11.3 Å². The molecule has 3 rings (SSSR count). The number of pyridine rings is 2. The molecule has 2 N–H and O–H groups in total. The van der Waals surface area contributed by atoms with Gasteiger partial charge >= 0.3 is 12.3 Å². The molecule has 14 heteroatoms. The number of hydrogen-bond donors (Lipinski definition) is 2. The largest absolute Gasteiger partial charge is 0.444 e. The number of alkyl halides is 3. The van der Waals surface area contributed by atoms with Crippen molar-refractivity contribution in [2.24, 2.45) is 0 Å². The van der Waals surface area contributed by atoms with E-state index in [1.165, 1.54) is 12.1 Å². The fourth-order valence-corrected chi connectivity index (χ4v) is 4.38. The smallest absolute Gasteiger partial charge is 0.418 e. The summed E-state index contributed by atoms with van der Waals surface area (Å²) in [5, 5.41) is 1.92. The highest BCUT2D eigenvalue weighted by atomic mass is 32.2. The summed E-state index contributed by atoms with van der Waals surface area (Å²) >= 11 is 0. The van der Waals surface area contributed by atoms with Crippen molar-refractivity contribution in [1.82, 2.24) is 15.3 Å². The molecule has 0 spiro atoms. The molecule has 2 heterocycles. The first-order valence-electron chi connectivity index (χ1n) is 12.0. The standard InChI is InChI=1S/C26H28F4N4O5S/c1-25(2,3)39-24(35)31-14-7-15-38-16-17-8-4-5-9-18(17)23-19(26(28,29)30)12-13-21(33-23)34-40(36,37)22-11-6-10-20(27)32-22/h4-6,8-13H,7,14-16H2,1-3H3,(H,31,35)(H,33,34). The minimum Gasteiger partial charge on any atom is -0.444 e. The molecule has 1 amide bonds. The number of rotatable bonds is 10. The molecule has 3 aromatic rings. The predicted octanol–water partition coefficient (Wildman–Crippen LogP) is 5.53. The lowest BCUT2D eigenvalue weighted by molar-refractivity contribution is -0.137. The van der Waals surface area contributed by atoms with E-state index in [1.54, 1.807) is 32.9 Å². The monoisotopic (exact) mass is 584 g/mol. The summed E-state index contributed by atoms with van der Waals surface area (Å²) in [6.07, 6.45) is -4.96. The summed E-state index contributed by atoms with van der Waals surface area (Å²) in [6.45, 7) is 5.57. The number of sulfonamides is 1. The van der Waals surface area contributed by atoms with Gasteiger partial charge in [-0.15, -0.1) is 0 Å². The Morgan fingerprint density at radius 2 is 1.70 bits per heavy atom. The minimum absolute atomic E-state index is 0.0756. The van der Waals surface area contributed by atoms with Crippen molar-refractivity contribution < 1.29 is 40.2 Å². The molecule has 40 heavy (non-hydrogen) atoms. The van der Waals surface area contributed by atoms with Gasteiger partial charge in [0.2, 0.25) is 5.95 Å². The molecule has 0 radical (unpaired) electrons. The maximum Gasteiger partial charge on any atom is 0.418 e. The van der Waals surface area contributed by atoms with Crippen LogP contribution < -0.4 is 10.0 Å². The van der Waals surface area contributed by atoms with E-state index in [-0.39, 0.29) is 25.3 Å². The number of amides is 1. The van der Waals surface area contributed by atoms with Crippen molar-refractivity contribution >= 4 is 21.9 Å². The summed E-state index contributed by atoms with van der Waals surface area (Å²) in [4.78, 5) is 19.0. The van der Waals surface area contributed by atoms with Crippen LogP contribution in [0.15, 0.2) is 59.6 Å². The van der Waals surface area contributed by atoms with E-state index in [4.69, 9.17) is 9.47 Å². The highest BCUT2D eigenvalue weighted by Crippen LogP contribution is 2.38. The maximum atomic E-state index is 13.9. The average molecular weight is 585 g/mol. The van der Waals surface area contributed by atoms with Crippen LogP contribution >= 0.6 is 0 Å². The van der Waals surface area contributed by atoms with Gasteiger partial charge in [0.1, 0.15) is 11.4 Å². The highest BCUT2D eigenvalue weighted by Gasteiger charge is 2.35. The third kappa shape index (κ3) is 8.88. The van der Waals surface area contributed by atoms with E-state index in [1.807, 2.05) is 4.72 Å². The number of nitrogens with one attached hydrogen (secondary N) is 2. The zero-order valence-electron chi connectivity index (χ0n) is 21.9. The third-order valence-electron chi connectivity index (χ3n) is 5.07. The maximum absolute atomic E-state index is 13.9. The molecular formula is C26H28F4N4O5S. The third-order valence-corrected chi connectivity index (χ3v) is 6.32. The normalized spacial score (nSPS) is 12.2. The molecule has 0 saturated heterocycles. The van der Waals surface area contributed by atoms with Gasteiger partial charge in [-0.05, 0) is 57.0 Å². The molecule has 0 fully saturated rings. The fourth-order valence-electron chi connectivity index (χ4n) is 3.42. The number of halogens is 4. The molecule has 0 saturated carbocycles. The zero-order valence-corrected chi connectivity index (χ0v) is 22.7. The van der Waals surface area contributed by atoms with Gasteiger partial charge < -0.3 is 14.8 Å². The van der Waals surface area contributed by atoms with Gasteiger partial charge in [-0.25, -0.2) is 14.8 Å². The average Bonchev–Trinajstić information content (AvgIpc) is 2.84. The van der Waals surface area contributed by atoms with Crippen LogP contribution in [0.3, 0.4) is 0 Å². The molecule has 9 nitrogen and oxygen atoms in total.